The summed E-state index contributed by atoms with van der Waals surface area (Å²) in [6.45, 7) is 5.08. The standard InChI is InChI=1S/C13H22N4O2/c1-2-19-8-5-13(18)16-11-9-15-17(10-11)12-3-6-14-7-4-12/h9-10,12,14H,2-8H2,1H3,(H,16,18). The van der Waals surface area contributed by atoms with Gasteiger partial charge in [0, 0.05) is 12.8 Å². The molecule has 1 aromatic rings. The Morgan fingerprint density at radius 2 is 2.37 bits per heavy atom. The molecule has 0 aromatic carbocycles. The van der Waals surface area contributed by atoms with Crippen LogP contribution in [0.4, 0.5) is 5.69 Å². The summed E-state index contributed by atoms with van der Waals surface area (Å²) in [5, 5.41) is 10.5. The predicted molar refractivity (Wildman–Crippen MR) is 73.1 cm³/mol. The Bertz CT molecular complexity index is 399. The first kappa shape index (κ1) is 14.0. The predicted octanol–water partition coefficient (Wildman–Crippen LogP) is 1.17. The number of rotatable bonds is 6. The van der Waals surface area contributed by atoms with E-state index in [1.165, 1.54) is 0 Å². The van der Waals surface area contributed by atoms with Crippen molar-refractivity contribution in [1.29, 1.82) is 0 Å². The van der Waals surface area contributed by atoms with Gasteiger partial charge < -0.3 is 15.4 Å². The maximum atomic E-state index is 11.6. The summed E-state index contributed by atoms with van der Waals surface area (Å²) >= 11 is 0. The van der Waals surface area contributed by atoms with E-state index in [-0.39, 0.29) is 5.91 Å². The zero-order chi connectivity index (χ0) is 13.5. The molecule has 0 bridgehead atoms. The zero-order valence-electron chi connectivity index (χ0n) is 11.4. The van der Waals surface area contributed by atoms with Gasteiger partial charge in [-0.15, -0.1) is 0 Å². The molecule has 0 spiro atoms. The molecule has 19 heavy (non-hydrogen) atoms. The molecule has 1 aliphatic rings. The van der Waals surface area contributed by atoms with Crippen LogP contribution >= 0.6 is 0 Å². The van der Waals surface area contributed by atoms with E-state index >= 15 is 0 Å². The monoisotopic (exact) mass is 266 g/mol. The number of nitrogens with one attached hydrogen (secondary N) is 2. The van der Waals surface area contributed by atoms with Crippen molar-refractivity contribution in [2.45, 2.75) is 32.2 Å². The Kier molecular flexibility index (Phi) is 5.35. The van der Waals surface area contributed by atoms with Crippen LogP contribution in [-0.4, -0.2) is 42.0 Å². The molecule has 2 rings (SSSR count). The summed E-state index contributed by atoms with van der Waals surface area (Å²) in [4.78, 5) is 11.6. The van der Waals surface area contributed by atoms with Crippen molar-refractivity contribution in [3.63, 3.8) is 0 Å². The summed E-state index contributed by atoms with van der Waals surface area (Å²) in [7, 11) is 0. The lowest BCUT2D eigenvalue weighted by molar-refractivity contribution is -0.117. The van der Waals surface area contributed by atoms with E-state index in [1.807, 2.05) is 17.8 Å². The zero-order valence-corrected chi connectivity index (χ0v) is 11.4. The third-order valence-corrected chi connectivity index (χ3v) is 3.25. The molecule has 2 heterocycles. The summed E-state index contributed by atoms with van der Waals surface area (Å²) in [5.41, 5.74) is 0.764. The van der Waals surface area contributed by atoms with Crippen molar-refractivity contribution in [2.24, 2.45) is 0 Å². The Labute approximate surface area is 113 Å². The fraction of sp³-hybridized carbons (Fsp3) is 0.692. The maximum absolute atomic E-state index is 11.6. The molecular weight excluding hydrogens is 244 g/mol. The second kappa shape index (κ2) is 7.25. The van der Waals surface area contributed by atoms with E-state index in [1.54, 1.807) is 6.20 Å². The average Bonchev–Trinajstić information content (AvgIpc) is 2.88. The van der Waals surface area contributed by atoms with Gasteiger partial charge in [0.25, 0.3) is 0 Å². The lowest BCUT2D eigenvalue weighted by Gasteiger charge is -2.22. The van der Waals surface area contributed by atoms with Crippen LogP contribution in [0.2, 0.25) is 0 Å². The number of carbonyl (C=O) groups excluding carboxylic acids is 1. The summed E-state index contributed by atoms with van der Waals surface area (Å²) in [6.07, 6.45) is 6.17. The quantitative estimate of drug-likeness (QED) is 0.759. The van der Waals surface area contributed by atoms with Crippen molar-refractivity contribution >= 4 is 11.6 Å². The molecule has 2 N–H and O–H groups in total. The minimum atomic E-state index is -0.0293. The summed E-state index contributed by atoms with van der Waals surface area (Å²) < 4.78 is 7.11. The normalized spacial score (nSPS) is 16.5. The van der Waals surface area contributed by atoms with Gasteiger partial charge in [-0.3, -0.25) is 9.48 Å². The highest BCUT2D eigenvalue weighted by Crippen LogP contribution is 2.19. The number of hydrogen-bond acceptors (Lipinski definition) is 4. The van der Waals surface area contributed by atoms with Gasteiger partial charge in [0.15, 0.2) is 0 Å². The van der Waals surface area contributed by atoms with Gasteiger partial charge in [-0.2, -0.15) is 5.10 Å². The van der Waals surface area contributed by atoms with E-state index < -0.39 is 0 Å². The van der Waals surface area contributed by atoms with Gasteiger partial charge in [-0.05, 0) is 32.9 Å². The molecule has 6 heteroatoms. The van der Waals surface area contributed by atoms with Crippen LogP contribution in [0, 0.1) is 0 Å². The smallest absolute Gasteiger partial charge is 0.226 e. The van der Waals surface area contributed by atoms with Gasteiger partial charge in [-0.25, -0.2) is 0 Å². The molecule has 1 aromatic heterocycles. The number of hydrogen-bond donors (Lipinski definition) is 2. The lowest BCUT2D eigenvalue weighted by atomic mass is 10.1. The molecule has 0 radical (unpaired) electrons. The Morgan fingerprint density at radius 1 is 1.58 bits per heavy atom. The van der Waals surface area contributed by atoms with E-state index in [2.05, 4.69) is 15.7 Å². The Morgan fingerprint density at radius 3 is 3.11 bits per heavy atom. The molecule has 0 unspecified atom stereocenters. The SMILES string of the molecule is CCOCCC(=O)Nc1cnn(C2CCNCC2)c1. The summed E-state index contributed by atoms with van der Waals surface area (Å²) in [5.74, 6) is -0.0293. The van der Waals surface area contributed by atoms with Crippen LogP contribution in [0.5, 0.6) is 0 Å². The number of carbonyl (C=O) groups is 1. The fourth-order valence-corrected chi connectivity index (χ4v) is 2.21. The highest BCUT2D eigenvalue weighted by atomic mass is 16.5. The third-order valence-electron chi connectivity index (χ3n) is 3.25. The van der Waals surface area contributed by atoms with Gasteiger partial charge in [0.05, 0.1) is 31.0 Å². The average molecular weight is 266 g/mol. The molecule has 0 saturated carbocycles. The molecule has 0 atom stereocenters. The second-order valence-corrected chi connectivity index (χ2v) is 4.69. The number of nitrogens with zero attached hydrogens (tertiary/aromatic N) is 2. The van der Waals surface area contributed by atoms with Gasteiger partial charge in [-0.1, -0.05) is 0 Å². The van der Waals surface area contributed by atoms with Crippen molar-refractivity contribution in [1.82, 2.24) is 15.1 Å². The minimum absolute atomic E-state index is 0.0293. The van der Waals surface area contributed by atoms with Crippen molar-refractivity contribution < 1.29 is 9.53 Å². The van der Waals surface area contributed by atoms with Crippen LogP contribution in [0.1, 0.15) is 32.2 Å². The first-order valence-corrected chi connectivity index (χ1v) is 6.92. The Balaban J connectivity index is 1.81. The van der Waals surface area contributed by atoms with Gasteiger partial charge in [0.1, 0.15) is 0 Å². The molecule has 1 saturated heterocycles. The maximum Gasteiger partial charge on any atom is 0.226 e. The third kappa shape index (κ3) is 4.33. The molecule has 1 amide bonds. The van der Waals surface area contributed by atoms with E-state index in [4.69, 9.17) is 4.74 Å². The lowest BCUT2D eigenvalue weighted by Crippen LogP contribution is -2.29. The van der Waals surface area contributed by atoms with E-state index in [0.29, 0.717) is 25.7 Å². The highest BCUT2D eigenvalue weighted by molar-refractivity contribution is 5.90. The van der Waals surface area contributed by atoms with Crippen LogP contribution in [0.3, 0.4) is 0 Å². The minimum Gasteiger partial charge on any atom is -0.381 e. The highest BCUT2D eigenvalue weighted by Gasteiger charge is 2.16. The van der Waals surface area contributed by atoms with E-state index in [0.717, 1.165) is 31.6 Å². The molecule has 0 aliphatic carbocycles. The number of amides is 1. The van der Waals surface area contributed by atoms with Crippen molar-refractivity contribution in [2.75, 3.05) is 31.6 Å². The van der Waals surface area contributed by atoms with Crippen molar-refractivity contribution in [3.8, 4) is 0 Å². The first-order chi connectivity index (χ1) is 9.29. The largest absolute Gasteiger partial charge is 0.381 e. The van der Waals surface area contributed by atoms with E-state index in [9.17, 15) is 4.79 Å². The van der Waals surface area contributed by atoms with Crippen LogP contribution in [0.25, 0.3) is 0 Å². The van der Waals surface area contributed by atoms with Crippen LogP contribution < -0.4 is 10.6 Å². The number of aromatic nitrogens is 2. The van der Waals surface area contributed by atoms with Gasteiger partial charge in [0.2, 0.25) is 5.91 Å². The second-order valence-electron chi connectivity index (χ2n) is 4.69. The molecule has 1 aliphatic heterocycles. The topological polar surface area (TPSA) is 68.2 Å². The Hall–Kier alpha value is -1.40. The van der Waals surface area contributed by atoms with Crippen LogP contribution in [0.15, 0.2) is 12.4 Å². The fourth-order valence-electron chi connectivity index (χ4n) is 2.21. The number of piperidine rings is 1. The molecule has 106 valence electrons. The first-order valence-electron chi connectivity index (χ1n) is 6.92. The van der Waals surface area contributed by atoms with Crippen molar-refractivity contribution in [3.05, 3.63) is 12.4 Å². The number of anilines is 1. The molecule has 6 nitrogen and oxygen atoms in total. The molecule has 1 fully saturated rings. The van der Waals surface area contributed by atoms with Crippen LogP contribution in [-0.2, 0) is 9.53 Å². The van der Waals surface area contributed by atoms with Gasteiger partial charge >= 0.3 is 0 Å². The summed E-state index contributed by atoms with van der Waals surface area (Å²) in [6, 6.07) is 0.440. The molecular formula is C13H22N4O2. The number of ether oxygens (including phenoxy) is 1.